The van der Waals surface area contributed by atoms with Crippen LogP contribution in [0.15, 0.2) is 212 Å². The minimum absolute atomic E-state index is 0.621. The molecule has 0 saturated heterocycles. The molecule has 0 radical (unpaired) electrons. The van der Waals surface area contributed by atoms with Crippen LogP contribution in [0.1, 0.15) is 27.8 Å². The van der Waals surface area contributed by atoms with Crippen LogP contribution in [0, 0.1) is 11.3 Å². The summed E-state index contributed by atoms with van der Waals surface area (Å²) >= 11 is 0. The van der Waals surface area contributed by atoms with Gasteiger partial charge in [-0.15, -0.1) is 0 Å². The molecule has 2 heterocycles. The van der Waals surface area contributed by atoms with Crippen molar-refractivity contribution in [3.63, 3.8) is 0 Å². The summed E-state index contributed by atoms with van der Waals surface area (Å²) in [7, 11) is 0. The SMILES string of the molecule is N#Cc1ccc(C2(c3ccc(-c4cccc(-c5cc(-c6ccc(-c7ccccc7)cc6)nc(-c6ccccc6)n5)c4)cc3)c3ccccc3Oc3ccccc32)cc1. The highest BCUT2D eigenvalue weighted by Gasteiger charge is 2.45. The van der Waals surface area contributed by atoms with Gasteiger partial charge in [-0.3, -0.25) is 0 Å². The zero-order chi connectivity index (χ0) is 38.9. The highest BCUT2D eigenvalue weighted by atomic mass is 16.5. The molecule has 1 aliphatic rings. The van der Waals surface area contributed by atoms with E-state index < -0.39 is 5.41 Å². The smallest absolute Gasteiger partial charge is 0.160 e. The Morgan fingerprint density at radius 3 is 1.45 bits per heavy atom. The number of aromatic nitrogens is 2. The minimum atomic E-state index is -0.676. The second-order valence-corrected chi connectivity index (χ2v) is 14.5. The number of fused-ring (bicyclic) bond motifs is 2. The molecule has 4 heteroatoms. The van der Waals surface area contributed by atoms with E-state index in [4.69, 9.17) is 14.7 Å². The topological polar surface area (TPSA) is 58.8 Å². The first-order chi connectivity index (χ1) is 28.7. The summed E-state index contributed by atoms with van der Waals surface area (Å²) in [5, 5.41) is 9.67. The summed E-state index contributed by atoms with van der Waals surface area (Å²) < 4.78 is 6.50. The second kappa shape index (κ2) is 14.7. The van der Waals surface area contributed by atoms with Gasteiger partial charge >= 0.3 is 0 Å². The first-order valence-electron chi connectivity index (χ1n) is 19.4. The normalized spacial score (nSPS) is 12.4. The van der Waals surface area contributed by atoms with E-state index in [1.807, 2.05) is 60.7 Å². The van der Waals surface area contributed by atoms with Crippen molar-refractivity contribution < 1.29 is 4.74 Å². The van der Waals surface area contributed by atoms with E-state index in [-0.39, 0.29) is 0 Å². The monoisotopic (exact) mass is 741 g/mol. The summed E-state index contributed by atoms with van der Waals surface area (Å²) in [5.74, 6) is 2.31. The maximum atomic E-state index is 9.67. The lowest BCUT2D eigenvalue weighted by Crippen LogP contribution is -2.34. The van der Waals surface area contributed by atoms with Gasteiger partial charge in [0, 0.05) is 27.8 Å². The fourth-order valence-corrected chi connectivity index (χ4v) is 8.27. The summed E-state index contributed by atoms with van der Waals surface area (Å²) in [6.45, 7) is 0. The van der Waals surface area contributed by atoms with Crippen molar-refractivity contribution in [1.82, 2.24) is 9.97 Å². The number of nitrogens with zero attached hydrogens (tertiary/aromatic N) is 3. The lowest BCUT2D eigenvalue weighted by Gasteiger charge is -2.41. The fraction of sp³-hybridized carbons (Fsp3) is 0.0185. The van der Waals surface area contributed by atoms with Crippen LogP contribution in [0.2, 0.25) is 0 Å². The van der Waals surface area contributed by atoms with E-state index in [0.717, 1.165) is 78.5 Å². The van der Waals surface area contributed by atoms with E-state index in [1.54, 1.807) is 0 Å². The molecule has 4 nitrogen and oxygen atoms in total. The van der Waals surface area contributed by atoms with Crippen LogP contribution in [0.25, 0.3) is 56.2 Å². The van der Waals surface area contributed by atoms with Crippen molar-refractivity contribution in [3.8, 4) is 73.7 Å². The number of para-hydroxylation sites is 2. The molecule has 0 unspecified atom stereocenters. The summed E-state index contributed by atoms with van der Waals surface area (Å²) in [6.07, 6.45) is 0. The molecule has 10 rings (SSSR count). The molecule has 8 aromatic carbocycles. The Balaban J connectivity index is 1.06. The van der Waals surface area contributed by atoms with Crippen molar-refractivity contribution in [2.24, 2.45) is 0 Å². The lowest BCUT2D eigenvalue weighted by atomic mass is 9.63. The van der Waals surface area contributed by atoms with Gasteiger partial charge in [0.25, 0.3) is 0 Å². The maximum absolute atomic E-state index is 9.67. The Morgan fingerprint density at radius 2 is 0.828 bits per heavy atom. The van der Waals surface area contributed by atoms with E-state index in [9.17, 15) is 5.26 Å². The lowest BCUT2D eigenvalue weighted by molar-refractivity contribution is 0.434. The zero-order valence-corrected chi connectivity index (χ0v) is 31.5. The first kappa shape index (κ1) is 34.6. The molecule has 0 aliphatic carbocycles. The first-order valence-corrected chi connectivity index (χ1v) is 19.4. The Hall–Kier alpha value is -7.87. The van der Waals surface area contributed by atoms with Gasteiger partial charge in [-0.05, 0) is 69.8 Å². The van der Waals surface area contributed by atoms with Gasteiger partial charge in [0.2, 0.25) is 0 Å². The minimum Gasteiger partial charge on any atom is -0.457 e. The van der Waals surface area contributed by atoms with Gasteiger partial charge in [-0.25, -0.2) is 9.97 Å². The molecule has 58 heavy (non-hydrogen) atoms. The third-order valence-electron chi connectivity index (χ3n) is 11.1. The largest absolute Gasteiger partial charge is 0.457 e. The highest BCUT2D eigenvalue weighted by molar-refractivity contribution is 5.78. The maximum Gasteiger partial charge on any atom is 0.160 e. The number of rotatable bonds is 7. The van der Waals surface area contributed by atoms with Crippen molar-refractivity contribution in [2.45, 2.75) is 5.41 Å². The van der Waals surface area contributed by atoms with Crippen molar-refractivity contribution in [2.75, 3.05) is 0 Å². The number of hydrogen-bond acceptors (Lipinski definition) is 4. The number of benzene rings is 8. The number of hydrogen-bond donors (Lipinski definition) is 0. The van der Waals surface area contributed by atoms with Crippen LogP contribution < -0.4 is 4.74 Å². The van der Waals surface area contributed by atoms with Gasteiger partial charge in [-0.2, -0.15) is 5.26 Å². The number of nitriles is 1. The van der Waals surface area contributed by atoms with Gasteiger partial charge in [0.15, 0.2) is 5.82 Å². The van der Waals surface area contributed by atoms with Crippen molar-refractivity contribution in [1.29, 1.82) is 5.26 Å². The highest BCUT2D eigenvalue weighted by Crippen LogP contribution is 2.55. The average molecular weight is 742 g/mol. The third kappa shape index (κ3) is 6.12. The summed E-state index contributed by atoms with van der Waals surface area (Å²) in [6, 6.07) is 75.5. The van der Waals surface area contributed by atoms with Gasteiger partial charge < -0.3 is 4.74 Å². The van der Waals surface area contributed by atoms with E-state index >= 15 is 0 Å². The molecule has 9 aromatic rings. The van der Waals surface area contributed by atoms with Crippen LogP contribution >= 0.6 is 0 Å². The van der Waals surface area contributed by atoms with Gasteiger partial charge in [0.05, 0.1) is 28.4 Å². The Morgan fingerprint density at radius 1 is 0.379 bits per heavy atom. The predicted molar refractivity (Wildman–Crippen MR) is 232 cm³/mol. The van der Waals surface area contributed by atoms with Crippen LogP contribution in [-0.2, 0) is 5.41 Å². The van der Waals surface area contributed by atoms with Crippen LogP contribution in [0.4, 0.5) is 0 Å². The Bertz CT molecular complexity index is 2910. The molecule has 0 bridgehead atoms. The second-order valence-electron chi connectivity index (χ2n) is 14.5. The average Bonchev–Trinajstić information content (AvgIpc) is 3.31. The van der Waals surface area contributed by atoms with E-state index in [1.165, 1.54) is 5.56 Å². The summed E-state index contributed by atoms with van der Waals surface area (Å²) in [4.78, 5) is 10.2. The fourth-order valence-electron chi connectivity index (χ4n) is 8.27. The predicted octanol–water partition coefficient (Wildman–Crippen LogP) is 13.2. The zero-order valence-electron chi connectivity index (χ0n) is 31.5. The van der Waals surface area contributed by atoms with Crippen LogP contribution in [0.3, 0.4) is 0 Å². The molecule has 272 valence electrons. The van der Waals surface area contributed by atoms with E-state index in [2.05, 4.69) is 158 Å². The molecule has 0 amide bonds. The number of ether oxygens (including phenoxy) is 1. The van der Waals surface area contributed by atoms with Crippen molar-refractivity contribution in [3.05, 3.63) is 240 Å². The standard InChI is InChI=1S/C54H35N3O/c55-36-37-22-30-45(31-23-37)54(47-18-7-9-20-51(47)58-52-21-10-8-19-48(52)54)46-32-28-40(29-33-46)43-16-11-17-44(34-43)50-35-49(56-53(57-50)42-14-5-2-6-15-42)41-26-24-39(25-27-41)38-12-3-1-4-13-38/h1-35H. The molecule has 1 aromatic heterocycles. The Kier molecular flexibility index (Phi) is 8.74. The molecule has 0 atom stereocenters. The van der Waals surface area contributed by atoms with Gasteiger partial charge in [-0.1, -0.05) is 176 Å². The van der Waals surface area contributed by atoms with Crippen molar-refractivity contribution >= 4 is 0 Å². The molecule has 0 spiro atoms. The Labute approximate surface area is 338 Å². The molecule has 0 fully saturated rings. The molecule has 0 N–H and O–H groups in total. The van der Waals surface area contributed by atoms with Crippen LogP contribution in [-0.4, -0.2) is 9.97 Å². The summed E-state index contributed by atoms with van der Waals surface area (Å²) in [5.41, 5.74) is 13.4. The van der Waals surface area contributed by atoms with Crippen LogP contribution in [0.5, 0.6) is 11.5 Å². The molecule has 0 saturated carbocycles. The third-order valence-corrected chi connectivity index (χ3v) is 11.1. The molecular weight excluding hydrogens is 707 g/mol. The van der Waals surface area contributed by atoms with Gasteiger partial charge in [0.1, 0.15) is 11.5 Å². The molecular formula is C54H35N3O. The van der Waals surface area contributed by atoms with E-state index in [0.29, 0.717) is 11.4 Å². The quantitative estimate of drug-likeness (QED) is 0.163. The molecule has 1 aliphatic heterocycles.